The maximum Gasteiger partial charge on any atom is 0.122 e. The normalized spacial score (nSPS) is 13.2. The highest BCUT2D eigenvalue weighted by Gasteiger charge is 1.95. The molecule has 0 heterocycles. The summed E-state index contributed by atoms with van der Waals surface area (Å²) in [4.78, 5) is 10.0. The van der Waals surface area contributed by atoms with Crippen LogP contribution in [0.5, 0.6) is 0 Å². The van der Waals surface area contributed by atoms with E-state index in [9.17, 15) is 4.79 Å². The summed E-state index contributed by atoms with van der Waals surface area (Å²) in [5.74, 6) is 0.273. The van der Waals surface area contributed by atoms with Crippen LogP contribution in [0, 0.1) is 5.92 Å². The van der Waals surface area contributed by atoms with Gasteiger partial charge in [-0.2, -0.15) is 0 Å². The molecule has 1 heteroatoms. The highest BCUT2D eigenvalue weighted by atomic mass is 16.1. The molecule has 1 nitrogen and oxygen atoms in total. The van der Waals surface area contributed by atoms with Crippen molar-refractivity contribution >= 4 is 6.29 Å². The third kappa shape index (κ3) is 3.85. The summed E-state index contributed by atoms with van der Waals surface area (Å²) in [6.45, 7) is 4.10. The highest BCUT2D eigenvalue weighted by Crippen LogP contribution is 2.02. The summed E-state index contributed by atoms with van der Waals surface area (Å²) in [6, 6.07) is 0. The van der Waals surface area contributed by atoms with Gasteiger partial charge in [0, 0.05) is 5.92 Å². The van der Waals surface area contributed by atoms with Crippen molar-refractivity contribution in [2.45, 2.75) is 33.1 Å². The maximum atomic E-state index is 10.0. The summed E-state index contributed by atoms with van der Waals surface area (Å²) in [5.41, 5.74) is 0. The lowest BCUT2D eigenvalue weighted by atomic mass is 10.1. The zero-order chi connectivity index (χ0) is 6.41. The maximum absolute atomic E-state index is 10.0. The predicted molar refractivity (Wildman–Crippen MR) is 34.8 cm³/mol. The van der Waals surface area contributed by atoms with Crippen molar-refractivity contribution in [3.05, 3.63) is 0 Å². The van der Waals surface area contributed by atoms with Gasteiger partial charge in [-0.3, -0.25) is 0 Å². The van der Waals surface area contributed by atoms with E-state index in [-0.39, 0.29) is 5.92 Å². The molecule has 0 aromatic heterocycles. The molecule has 0 rings (SSSR count). The van der Waals surface area contributed by atoms with Crippen molar-refractivity contribution in [1.82, 2.24) is 0 Å². The Hall–Kier alpha value is -0.330. The molecule has 0 aromatic carbocycles. The van der Waals surface area contributed by atoms with Gasteiger partial charge in [-0.25, -0.2) is 0 Å². The van der Waals surface area contributed by atoms with Gasteiger partial charge in [0.15, 0.2) is 0 Å². The summed E-state index contributed by atoms with van der Waals surface area (Å²) < 4.78 is 0. The van der Waals surface area contributed by atoms with Crippen LogP contribution >= 0.6 is 0 Å². The van der Waals surface area contributed by atoms with Gasteiger partial charge >= 0.3 is 0 Å². The zero-order valence-electron chi connectivity index (χ0n) is 5.68. The smallest absolute Gasteiger partial charge is 0.122 e. The first-order chi connectivity index (χ1) is 3.81. The van der Waals surface area contributed by atoms with Crippen molar-refractivity contribution in [1.29, 1.82) is 0 Å². The van der Waals surface area contributed by atoms with Crippen LogP contribution in [0.1, 0.15) is 33.1 Å². The van der Waals surface area contributed by atoms with E-state index in [1.807, 2.05) is 6.92 Å². The largest absolute Gasteiger partial charge is 0.303 e. The number of aldehydes is 1. The van der Waals surface area contributed by atoms with Crippen LogP contribution in [0.25, 0.3) is 0 Å². The van der Waals surface area contributed by atoms with E-state index in [1.165, 1.54) is 12.8 Å². The van der Waals surface area contributed by atoms with Gasteiger partial charge in [0.05, 0.1) is 0 Å². The number of hydrogen-bond acceptors (Lipinski definition) is 1. The van der Waals surface area contributed by atoms with Crippen LogP contribution in [-0.4, -0.2) is 6.29 Å². The first kappa shape index (κ1) is 7.67. The molecule has 0 bridgehead atoms. The summed E-state index contributed by atoms with van der Waals surface area (Å²) in [7, 11) is 0. The molecule has 0 fully saturated rings. The topological polar surface area (TPSA) is 17.1 Å². The average Bonchev–Trinajstić information content (AvgIpc) is 1.83. The fourth-order valence-electron chi connectivity index (χ4n) is 0.594. The molecule has 0 aromatic rings. The van der Waals surface area contributed by atoms with Gasteiger partial charge in [0.2, 0.25) is 0 Å². The molecule has 0 saturated carbocycles. The zero-order valence-corrected chi connectivity index (χ0v) is 5.68. The molecule has 0 N–H and O–H groups in total. The lowest BCUT2D eigenvalue weighted by molar-refractivity contribution is -0.110. The van der Waals surface area contributed by atoms with Crippen LogP contribution in [-0.2, 0) is 4.79 Å². The second-order valence-electron chi connectivity index (χ2n) is 2.26. The number of carbonyl (C=O) groups is 1. The Morgan fingerprint density at radius 1 is 1.62 bits per heavy atom. The number of carbonyl (C=O) groups excluding carboxylic acids is 1. The molecular formula is C7H14O. The first-order valence-corrected chi connectivity index (χ1v) is 3.26. The molecule has 0 aliphatic heterocycles. The molecule has 8 heavy (non-hydrogen) atoms. The third-order valence-corrected chi connectivity index (χ3v) is 1.25. The number of hydrogen-bond donors (Lipinski definition) is 0. The summed E-state index contributed by atoms with van der Waals surface area (Å²) in [6.07, 6.45) is 4.45. The van der Waals surface area contributed by atoms with Crippen molar-refractivity contribution in [3.63, 3.8) is 0 Å². The molecule has 0 aliphatic carbocycles. The Labute approximate surface area is 51.1 Å². The molecule has 0 amide bonds. The van der Waals surface area contributed by atoms with Gasteiger partial charge in [-0.05, 0) is 6.42 Å². The summed E-state index contributed by atoms with van der Waals surface area (Å²) in [5, 5.41) is 0. The molecule has 0 radical (unpaired) electrons. The lowest BCUT2D eigenvalue weighted by Gasteiger charge is -1.97. The molecule has 1 unspecified atom stereocenters. The molecule has 0 saturated heterocycles. The minimum Gasteiger partial charge on any atom is -0.303 e. The quantitative estimate of drug-likeness (QED) is 0.511. The van der Waals surface area contributed by atoms with Gasteiger partial charge in [-0.15, -0.1) is 0 Å². The Balaban J connectivity index is 2.98. The van der Waals surface area contributed by atoms with Gasteiger partial charge in [0.25, 0.3) is 0 Å². The monoisotopic (exact) mass is 114 g/mol. The molecule has 48 valence electrons. The third-order valence-electron chi connectivity index (χ3n) is 1.25. The fourth-order valence-corrected chi connectivity index (χ4v) is 0.594. The predicted octanol–water partition coefficient (Wildman–Crippen LogP) is 2.01. The first-order valence-electron chi connectivity index (χ1n) is 3.26. The molecule has 1 atom stereocenters. The number of rotatable bonds is 4. The Morgan fingerprint density at radius 3 is 2.62 bits per heavy atom. The Bertz CT molecular complexity index is 59.4. The molecular weight excluding hydrogens is 100 g/mol. The van der Waals surface area contributed by atoms with Crippen LogP contribution in [0.4, 0.5) is 0 Å². The van der Waals surface area contributed by atoms with Crippen molar-refractivity contribution in [3.8, 4) is 0 Å². The summed E-state index contributed by atoms with van der Waals surface area (Å²) >= 11 is 0. The Morgan fingerprint density at radius 2 is 2.25 bits per heavy atom. The van der Waals surface area contributed by atoms with E-state index in [2.05, 4.69) is 6.92 Å². The fraction of sp³-hybridized carbons (Fsp3) is 0.857. The standard InChI is InChI=1S/C7H14O/c1-3-4-5-7(2)6-8/h6-7H,3-5H2,1-2H3. The van der Waals surface area contributed by atoms with Crippen LogP contribution in [0.15, 0.2) is 0 Å². The number of unbranched alkanes of at least 4 members (excludes halogenated alkanes) is 1. The van der Waals surface area contributed by atoms with Crippen molar-refractivity contribution < 1.29 is 4.79 Å². The second kappa shape index (κ2) is 4.82. The SMILES string of the molecule is CCCCC(C)C=O. The van der Waals surface area contributed by atoms with Crippen LogP contribution < -0.4 is 0 Å². The van der Waals surface area contributed by atoms with Gasteiger partial charge in [-0.1, -0.05) is 26.7 Å². The van der Waals surface area contributed by atoms with E-state index >= 15 is 0 Å². The second-order valence-corrected chi connectivity index (χ2v) is 2.26. The van der Waals surface area contributed by atoms with E-state index < -0.39 is 0 Å². The minimum atomic E-state index is 0.273. The molecule has 0 spiro atoms. The minimum absolute atomic E-state index is 0.273. The highest BCUT2D eigenvalue weighted by molar-refractivity contribution is 5.52. The lowest BCUT2D eigenvalue weighted by Crippen LogP contribution is -1.93. The van der Waals surface area contributed by atoms with E-state index in [1.54, 1.807) is 0 Å². The van der Waals surface area contributed by atoms with Gasteiger partial charge in [0.1, 0.15) is 6.29 Å². The van der Waals surface area contributed by atoms with Gasteiger partial charge < -0.3 is 4.79 Å². The molecule has 0 aliphatic rings. The van der Waals surface area contributed by atoms with E-state index in [0.29, 0.717) is 0 Å². The van der Waals surface area contributed by atoms with Crippen LogP contribution in [0.3, 0.4) is 0 Å². The van der Waals surface area contributed by atoms with E-state index in [4.69, 9.17) is 0 Å². The average molecular weight is 114 g/mol. The Kier molecular flexibility index (Phi) is 4.62. The van der Waals surface area contributed by atoms with Crippen molar-refractivity contribution in [2.75, 3.05) is 0 Å². The van der Waals surface area contributed by atoms with E-state index in [0.717, 1.165) is 12.7 Å². The van der Waals surface area contributed by atoms with Crippen LogP contribution in [0.2, 0.25) is 0 Å². The van der Waals surface area contributed by atoms with Crippen molar-refractivity contribution in [2.24, 2.45) is 5.92 Å².